The van der Waals surface area contributed by atoms with Gasteiger partial charge in [-0.2, -0.15) is 0 Å². The first-order chi connectivity index (χ1) is 17.3. The van der Waals surface area contributed by atoms with Crippen molar-refractivity contribution < 1.29 is 5.11 Å². The number of aryl methyl sites for hydroxylation is 4. The van der Waals surface area contributed by atoms with Gasteiger partial charge in [0.1, 0.15) is 0 Å². The summed E-state index contributed by atoms with van der Waals surface area (Å²) in [6.45, 7) is 8.07. The molecule has 0 spiro atoms. The van der Waals surface area contributed by atoms with Crippen LogP contribution in [0.2, 0.25) is 0 Å². The third kappa shape index (κ3) is 4.16. The van der Waals surface area contributed by atoms with Crippen LogP contribution in [0.15, 0.2) is 90.1 Å². The molecule has 5 heteroatoms. The van der Waals surface area contributed by atoms with Gasteiger partial charge < -0.3 is 14.2 Å². The Hall–Kier alpha value is -3.96. The number of aromatic nitrogens is 3. The highest BCUT2D eigenvalue weighted by atomic mass is 16.3. The van der Waals surface area contributed by atoms with E-state index < -0.39 is 5.60 Å². The van der Waals surface area contributed by atoms with Crippen LogP contribution in [0.4, 0.5) is 0 Å². The first-order valence-electron chi connectivity index (χ1n) is 12.3. The number of nitrogens with zero attached hydrogens (tertiary/aromatic N) is 3. The van der Waals surface area contributed by atoms with Crippen LogP contribution in [0.5, 0.6) is 0 Å². The largest absolute Gasteiger partial charge is 0.374 e. The highest BCUT2D eigenvalue weighted by molar-refractivity contribution is 5.96. The van der Waals surface area contributed by atoms with Gasteiger partial charge in [-0.25, -0.2) is 4.98 Å². The standard InChI is InChI=1S/C29H27N3O2.C2H6/c1-19-9-11-21(12-10-19)29(34,27-17-30-18-31(27)3)22-13-14-26-25(15-22)24(16-28(33)32(26)4)23-8-6-5-7-20(23)2;1-2/h5-18,34H,1-4H3;1-2H3. The Morgan fingerprint density at radius 2 is 1.50 bits per heavy atom. The van der Waals surface area contributed by atoms with E-state index in [1.807, 2.05) is 106 Å². The maximum Gasteiger partial charge on any atom is 0.251 e. The molecule has 184 valence electrons. The molecule has 2 heterocycles. The summed E-state index contributed by atoms with van der Waals surface area (Å²) in [5, 5.41) is 13.3. The molecule has 0 bridgehead atoms. The number of benzene rings is 3. The van der Waals surface area contributed by atoms with Crippen LogP contribution >= 0.6 is 0 Å². The summed E-state index contributed by atoms with van der Waals surface area (Å²) >= 11 is 0. The van der Waals surface area contributed by atoms with E-state index in [9.17, 15) is 9.90 Å². The molecule has 5 rings (SSSR count). The lowest BCUT2D eigenvalue weighted by Gasteiger charge is -2.30. The molecular formula is C31H33N3O2. The van der Waals surface area contributed by atoms with Crippen LogP contribution in [0.1, 0.15) is 41.8 Å². The highest BCUT2D eigenvalue weighted by Crippen LogP contribution is 2.39. The highest BCUT2D eigenvalue weighted by Gasteiger charge is 2.37. The number of imidazole rings is 1. The zero-order chi connectivity index (χ0) is 26.0. The monoisotopic (exact) mass is 479 g/mol. The van der Waals surface area contributed by atoms with Gasteiger partial charge in [0.05, 0.1) is 23.7 Å². The van der Waals surface area contributed by atoms with Crippen molar-refractivity contribution in [2.24, 2.45) is 14.1 Å². The number of pyridine rings is 1. The van der Waals surface area contributed by atoms with Crippen LogP contribution in [0.25, 0.3) is 22.0 Å². The second kappa shape index (κ2) is 9.96. The molecule has 0 saturated carbocycles. The van der Waals surface area contributed by atoms with Crippen molar-refractivity contribution in [1.29, 1.82) is 0 Å². The molecule has 2 aromatic heterocycles. The molecule has 1 unspecified atom stereocenters. The molecule has 0 fully saturated rings. The van der Waals surface area contributed by atoms with Crippen LogP contribution in [0.3, 0.4) is 0 Å². The fourth-order valence-electron chi connectivity index (χ4n) is 4.75. The fourth-order valence-corrected chi connectivity index (χ4v) is 4.75. The van der Waals surface area contributed by atoms with Gasteiger partial charge in [-0.1, -0.05) is 74.0 Å². The van der Waals surface area contributed by atoms with Gasteiger partial charge in [0.2, 0.25) is 0 Å². The molecule has 0 aliphatic rings. The van der Waals surface area contributed by atoms with Gasteiger partial charge in [0.15, 0.2) is 5.60 Å². The van der Waals surface area contributed by atoms with Gasteiger partial charge in [-0.3, -0.25) is 4.79 Å². The van der Waals surface area contributed by atoms with E-state index in [0.29, 0.717) is 11.3 Å². The number of aliphatic hydroxyl groups is 1. The van der Waals surface area contributed by atoms with Crippen LogP contribution in [-0.2, 0) is 19.7 Å². The Bertz CT molecular complexity index is 1580. The molecule has 1 N–H and O–H groups in total. The van der Waals surface area contributed by atoms with Crippen molar-refractivity contribution in [3.05, 3.63) is 124 Å². The molecule has 36 heavy (non-hydrogen) atoms. The first kappa shape index (κ1) is 25.1. The lowest BCUT2D eigenvalue weighted by molar-refractivity contribution is 0.117. The van der Waals surface area contributed by atoms with Crippen molar-refractivity contribution >= 4 is 10.9 Å². The van der Waals surface area contributed by atoms with E-state index >= 15 is 0 Å². The number of hydrogen-bond donors (Lipinski definition) is 1. The SMILES string of the molecule is CC.Cc1ccc(C(O)(c2ccc3c(c2)c(-c2ccccc2C)cc(=O)n3C)c2cncn2C)cc1. The Morgan fingerprint density at radius 3 is 2.14 bits per heavy atom. The minimum Gasteiger partial charge on any atom is -0.374 e. The number of hydrogen-bond acceptors (Lipinski definition) is 3. The van der Waals surface area contributed by atoms with Gasteiger partial charge in [-0.05, 0) is 53.8 Å². The lowest BCUT2D eigenvalue weighted by atomic mass is 9.82. The Morgan fingerprint density at radius 1 is 0.833 bits per heavy atom. The molecule has 0 saturated heterocycles. The summed E-state index contributed by atoms with van der Waals surface area (Å²) in [6.07, 6.45) is 3.39. The number of rotatable bonds is 4. The second-order valence-corrected chi connectivity index (χ2v) is 8.97. The molecule has 3 aromatic carbocycles. The van der Waals surface area contributed by atoms with Crippen molar-refractivity contribution in [2.75, 3.05) is 0 Å². The zero-order valence-electron chi connectivity index (χ0n) is 21.8. The van der Waals surface area contributed by atoms with E-state index in [2.05, 4.69) is 4.98 Å². The van der Waals surface area contributed by atoms with E-state index in [4.69, 9.17) is 0 Å². The van der Waals surface area contributed by atoms with E-state index in [1.165, 1.54) is 0 Å². The predicted molar refractivity (Wildman–Crippen MR) is 147 cm³/mol. The maximum absolute atomic E-state index is 12.8. The van der Waals surface area contributed by atoms with Crippen molar-refractivity contribution in [2.45, 2.75) is 33.3 Å². The third-order valence-electron chi connectivity index (χ3n) is 6.76. The van der Waals surface area contributed by atoms with Gasteiger partial charge in [-0.15, -0.1) is 0 Å². The fraction of sp³-hybridized carbons (Fsp3) is 0.226. The van der Waals surface area contributed by atoms with Crippen molar-refractivity contribution in [3.63, 3.8) is 0 Å². The van der Waals surface area contributed by atoms with Gasteiger partial charge >= 0.3 is 0 Å². The van der Waals surface area contributed by atoms with Crippen molar-refractivity contribution in [1.82, 2.24) is 14.1 Å². The second-order valence-electron chi connectivity index (χ2n) is 8.97. The summed E-state index contributed by atoms with van der Waals surface area (Å²) in [5.74, 6) is 0. The smallest absolute Gasteiger partial charge is 0.251 e. The minimum atomic E-state index is -1.43. The van der Waals surface area contributed by atoms with Crippen molar-refractivity contribution in [3.8, 4) is 11.1 Å². The molecule has 1 atom stereocenters. The Labute approximate surface area is 212 Å². The molecule has 0 aliphatic carbocycles. The third-order valence-corrected chi connectivity index (χ3v) is 6.76. The lowest BCUT2D eigenvalue weighted by Crippen LogP contribution is -2.31. The van der Waals surface area contributed by atoms with E-state index in [0.717, 1.165) is 38.7 Å². The Balaban J connectivity index is 0.00000148. The van der Waals surface area contributed by atoms with Crippen LogP contribution < -0.4 is 5.56 Å². The average Bonchev–Trinajstić information content (AvgIpc) is 3.34. The topological polar surface area (TPSA) is 60.0 Å². The molecule has 0 radical (unpaired) electrons. The quantitative estimate of drug-likeness (QED) is 0.351. The molecular weight excluding hydrogens is 446 g/mol. The average molecular weight is 480 g/mol. The molecule has 0 amide bonds. The molecule has 5 nitrogen and oxygen atoms in total. The van der Waals surface area contributed by atoms with E-state index in [1.54, 1.807) is 30.2 Å². The summed E-state index contributed by atoms with van der Waals surface area (Å²) < 4.78 is 3.49. The van der Waals surface area contributed by atoms with Crippen LogP contribution in [0, 0.1) is 13.8 Å². The minimum absolute atomic E-state index is 0.0704. The predicted octanol–water partition coefficient (Wildman–Crippen LogP) is 5.87. The summed E-state index contributed by atoms with van der Waals surface area (Å²) in [4.78, 5) is 17.1. The molecule has 0 aliphatic heterocycles. The number of fused-ring (bicyclic) bond motifs is 1. The van der Waals surface area contributed by atoms with E-state index in [-0.39, 0.29) is 5.56 Å². The normalized spacial score (nSPS) is 12.6. The van der Waals surface area contributed by atoms with Crippen LogP contribution in [-0.4, -0.2) is 19.2 Å². The molecule has 5 aromatic rings. The summed E-state index contributed by atoms with van der Waals surface area (Å²) in [6, 6.07) is 23.5. The maximum atomic E-state index is 12.8. The summed E-state index contributed by atoms with van der Waals surface area (Å²) in [7, 11) is 3.66. The zero-order valence-corrected chi connectivity index (χ0v) is 21.8. The van der Waals surface area contributed by atoms with Gasteiger partial charge in [0, 0.05) is 25.5 Å². The summed E-state index contributed by atoms with van der Waals surface area (Å²) in [5.41, 5.74) is 5.50. The Kier molecular flexibility index (Phi) is 6.95. The first-order valence-corrected chi connectivity index (χ1v) is 12.3. The van der Waals surface area contributed by atoms with Gasteiger partial charge in [0.25, 0.3) is 5.56 Å².